The third kappa shape index (κ3) is 3.13. The second-order valence-electron chi connectivity index (χ2n) is 2.79. The van der Waals surface area contributed by atoms with Crippen LogP contribution in [0.25, 0.3) is 0 Å². The van der Waals surface area contributed by atoms with Crippen molar-refractivity contribution in [2.75, 3.05) is 13.7 Å². The summed E-state index contributed by atoms with van der Waals surface area (Å²) in [5.74, 6) is 0.0982. The lowest BCUT2D eigenvalue weighted by atomic mass is 10.2. The lowest BCUT2D eigenvalue weighted by molar-refractivity contribution is 0.0596. The molecule has 1 aromatic carbocycles. The first-order chi connectivity index (χ1) is 7.29. The maximum absolute atomic E-state index is 11.3. The van der Waals surface area contributed by atoms with Crippen LogP contribution in [-0.4, -0.2) is 19.7 Å². The lowest BCUT2D eigenvalue weighted by Gasteiger charge is -2.07. The van der Waals surface area contributed by atoms with Crippen LogP contribution in [0.15, 0.2) is 30.4 Å². The van der Waals surface area contributed by atoms with Gasteiger partial charge in [-0.2, -0.15) is 0 Å². The van der Waals surface area contributed by atoms with Crippen LogP contribution in [0.2, 0.25) is 0 Å². The molecular weight excluding hydrogens is 192 g/mol. The third-order valence-electron chi connectivity index (χ3n) is 1.80. The van der Waals surface area contributed by atoms with Gasteiger partial charge in [-0.15, -0.1) is 0 Å². The van der Waals surface area contributed by atoms with Crippen molar-refractivity contribution in [3.8, 4) is 5.75 Å². The molecule has 1 radical (unpaired) electrons. The number of carbonyl (C=O) groups excluding carboxylic acids is 1. The molecule has 0 spiro atoms. The van der Waals surface area contributed by atoms with Crippen molar-refractivity contribution in [3.05, 3.63) is 42.0 Å². The number of ether oxygens (including phenoxy) is 2. The van der Waals surface area contributed by atoms with Gasteiger partial charge in [0.2, 0.25) is 0 Å². The zero-order chi connectivity index (χ0) is 11.1. The van der Waals surface area contributed by atoms with E-state index < -0.39 is 5.97 Å². The Morgan fingerprint density at radius 3 is 3.07 bits per heavy atom. The quantitative estimate of drug-likeness (QED) is 0.558. The van der Waals surface area contributed by atoms with Crippen molar-refractivity contribution in [2.45, 2.75) is 6.92 Å². The predicted molar refractivity (Wildman–Crippen MR) is 56.9 cm³/mol. The van der Waals surface area contributed by atoms with Gasteiger partial charge in [0, 0.05) is 0 Å². The Morgan fingerprint density at radius 2 is 2.40 bits per heavy atom. The number of rotatable bonds is 4. The van der Waals surface area contributed by atoms with E-state index >= 15 is 0 Å². The Kier molecular flexibility index (Phi) is 4.41. The molecule has 0 fully saturated rings. The summed E-state index contributed by atoms with van der Waals surface area (Å²) in [5, 5.41) is 0. The van der Waals surface area contributed by atoms with Gasteiger partial charge >= 0.3 is 5.97 Å². The molecule has 0 atom stereocenters. The van der Waals surface area contributed by atoms with Crippen molar-refractivity contribution in [1.29, 1.82) is 0 Å². The summed E-state index contributed by atoms with van der Waals surface area (Å²) in [6, 6.07) is 7.74. The molecule has 0 heterocycles. The van der Waals surface area contributed by atoms with Gasteiger partial charge in [-0.3, -0.25) is 0 Å². The van der Waals surface area contributed by atoms with Crippen LogP contribution in [0.3, 0.4) is 0 Å². The molecule has 1 rings (SSSR count). The Bertz CT molecular complexity index is 356. The summed E-state index contributed by atoms with van der Waals surface area (Å²) in [7, 11) is 1.34. The van der Waals surface area contributed by atoms with Crippen LogP contribution >= 0.6 is 0 Å². The Morgan fingerprint density at radius 1 is 1.60 bits per heavy atom. The smallest absolute Gasteiger partial charge is 0.341 e. The topological polar surface area (TPSA) is 35.5 Å². The molecule has 0 aliphatic heterocycles. The molecule has 0 saturated carbocycles. The van der Waals surface area contributed by atoms with E-state index in [2.05, 4.69) is 10.8 Å². The SMILES string of the molecule is CC=CCOc1cc[c]cc1C(=O)OC. The molecule has 0 aromatic heterocycles. The standard InChI is InChI=1S/C12H13O3/c1-3-4-9-15-11-8-6-5-7-10(11)12(13)14-2/h3-4,6-8H,9H2,1-2H3. The highest BCUT2D eigenvalue weighted by Crippen LogP contribution is 2.18. The average molecular weight is 205 g/mol. The summed E-state index contributed by atoms with van der Waals surface area (Å²) >= 11 is 0. The van der Waals surface area contributed by atoms with Gasteiger partial charge < -0.3 is 9.47 Å². The molecule has 79 valence electrons. The summed E-state index contributed by atoms with van der Waals surface area (Å²) in [6.45, 7) is 2.34. The third-order valence-corrected chi connectivity index (χ3v) is 1.80. The molecule has 3 nitrogen and oxygen atoms in total. The summed E-state index contributed by atoms with van der Waals surface area (Å²) in [4.78, 5) is 11.3. The summed E-state index contributed by atoms with van der Waals surface area (Å²) < 4.78 is 10.0. The van der Waals surface area contributed by atoms with Crippen LogP contribution in [0.1, 0.15) is 17.3 Å². The largest absolute Gasteiger partial charge is 0.489 e. The normalized spacial score (nSPS) is 10.3. The minimum atomic E-state index is -0.415. The van der Waals surface area contributed by atoms with E-state index in [4.69, 9.17) is 4.74 Å². The van der Waals surface area contributed by atoms with E-state index in [1.165, 1.54) is 7.11 Å². The summed E-state index contributed by atoms with van der Waals surface area (Å²) in [5.41, 5.74) is 0.393. The maximum Gasteiger partial charge on any atom is 0.341 e. The number of benzene rings is 1. The molecule has 1 aromatic rings. The van der Waals surface area contributed by atoms with Gasteiger partial charge in [-0.25, -0.2) is 4.79 Å². The van der Waals surface area contributed by atoms with Crippen molar-refractivity contribution >= 4 is 5.97 Å². The Hall–Kier alpha value is -1.77. The van der Waals surface area contributed by atoms with Gasteiger partial charge in [0.05, 0.1) is 7.11 Å². The van der Waals surface area contributed by atoms with E-state index in [0.717, 1.165) is 0 Å². The monoisotopic (exact) mass is 205 g/mol. The Balaban J connectivity index is 2.81. The van der Waals surface area contributed by atoms with Gasteiger partial charge in [0.15, 0.2) is 0 Å². The van der Waals surface area contributed by atoms with E-state index in [1.54, 1.807) is 18.2 Å². The number of esters is 1. The number of carbonyl (C=O) groups is 1. The number of allylic oxidation sites excluding steroid dienone is 1. The van der Waals surface area contributed by atoms with E-state index in [9.17, 15) is 4.79 Å². The minimum absolute atomic E-state index is 0.393. The Labute approximate surface area is 89.3 Å². The highest BCUT2D eigenvalue weighted by atomic mass is 16.5. The van der Waals surface area contributed by atoms with E-state index in [-0.39, 0.29) is 0 Å². The lowest BCUT2D eigenvalue weighted by Crippen LogP contribution is -2.05. The maximum atomic E-state index is 11.3. The fourth-order valence-corrected chi connectivity index (χ4v) is 1.05. The van der Waals surface area contributed by atoms with Crippen LogP contribution in [0.5, 0.6) is 5.75 Å². The second-order valence-corrected chi connectivity index (χ2v) is 2.79. The van der Waals surface area contributed by atoms with E-state index in [0.29, 0.717) is 17.9 Å². The second kappa shape index (κ2) is 5.86. The van der Waals surface area contributed by atoms with Crippen molar-refractivity contribution in [3.63, 3.8) is 0 Å². The number of hydrogen-bond acceptors (Lipinski definition) is 3. The predicted octanol–water partition coefficient (Wildman–Crippen LogP) is 2.23. The molecule has 0 unspecified atom stereocenters. The van der Waals surface area contributed by atoms with Gasteiger partial charge in [-0.1, -0.05) is 18.2 Å². The van der Waals surface area contributed by atoms with Crippen LogP contribution < -0.4 is 4.74 Å². The molecule has 0 N–H and O–H groups in total. The number of methoxy groups -OCH3 is 1. The molecule has 0 bridgehead atoms. The van der Waals surface area contributed by atoms with Gasteiger partial charge in [0.1, 0.15) is 17.9 Å². The van der Waals surface area contributed by atoms with Crippen molar-refractivity contribution in [1.82, 2.24) is 0 Å². The summed E-state index contributed by atoms with van der Waals surface area (Å²) in [6.07, 6.45) is 3.74. The van der Waals surface area contributed by atoms with Crippen LogP contribution in [0.4, 0.5) is 0 Å². The molecule has 15 heavy (non-hydrogen) atoms. The zero-order valence-electron chi connectivity index (χ0n) is 8.82. The minimum Gasteiger partial charge on any atom is -0.489 e. The fraction of sp³-hybridized carbons (Fsp3) is 0.250. The molecule has 3 heteroatoms. The fourth-order valence-electron chi connectivity index (χ4n) is 1.05. The zero-order valence-corrected chi connectivity index (χ0v) is 8.82. The molecule has 0 aliphatic rings. The van der Waals surface area contributed by atoms with E-state index in [1.807, 2.05) is 19.1 Å². The highest BCUT2D eigenvalue weighted by molar-refractivity contribution is 5.92. The average Bonchev–Trinajstić information content (AvgIpc) is 2.29. The molecule has 0 amide bonds. The number of hydrogen-bond donors (Lipinski definition) is 0. The first-order valence-corrected chi connectivity index (χ1v) is 4.62. The van der Waals surface area contributed by atoms with Gasteiger partial charge in [0.25, 0.3) is 0 Å². The van der Waals surface area contributed by atoms with Crippen molar-refractivity contribution in [2.24, 2.45) is 0 Å². The first-order valence-electron chi connectivity index (χ1n) is 4.62. The van der Waals surface area contributed by atoms with Crippen LogP contribution in [0, 0.1) is 6.07 Å². The molecule has 0 aliphatic carbocycles. The molecular formula is C12H13O3. The van der Waals surface area contributed by atoms with Crippen LogP contribution in [-0.2, 0) is 4.74 Å². The van der Waals surface area contributed by atoms with Gasteiger partial charge in [-0.05, 0) is 25.1 Å². The van der Waals surface area contributed by atoms with Crippen molar-refractivity contribution < 1.29 is 14.3 Å². The molecule has 0 saturated heterocycles. The highest BCUT2D eigenvalue weighted by Gasteiger charge is 2.11. The first kappa shape index (κ1) is 11.3.